The van der Waals surface area contributed by atoms with Crippen LogP contribution in [0.25, 0.3) is 11.1 Å². The van der Waals surface area contributed by atoms with E-state index in [1.807, 2.05) is 0 Å². The van der Waals surface area contributed by atoms with Crippen LogP contribution in [0.4, 0.5) is 14.5 Å². The van der Waals surface area contributed by atoms with Gasteiger partial charge >= 0.3 is 5.97 Å². The Morgan fingerprint density at radius 1 is 0.900 bits per heavy atom. The first-order valence-corrected chi connectivity index (χ1v) is 9.32. The van der Waals surface area contributed by atoms with Crippen molar-refractivity contribution in [2.24, 2.45) is 0 Å². The van der Waals surface area contributed by atoms with Gasteiger partial charge in [0.1, 0.15) is 23.1 Å². The highest BCUT2D eigenvalue weighted by Gasteiger charge is 2.24. The second kappa shape index (κ2) is 7.94. The Bertz CT molecular complexity index is 1120. The molecule has 0 unspecified atom stereocenters. The van der Waals surface area contributed by atoms with E-state index in [4.69, 9.17) is 4.74 Å². The molecule has 1 fully saturated rings. The van der Waals surface area contributed by atoms with Gasteiger partial charge in [-0.1, -0.05) is 24.3 Å². The van der Waals surface area contributed by atoms with Crippen LogP contribution >= 0.6 is 0 Å². The second-order valence-electron chi connectivity index (χ2n) is 6.96. The molecule has 3 aromatic rings. The molecule has 3 aromatic carbocycles. The third-order valence-electron chi connectivity index (χ3n) is 4.68. The van der Waals surface area contributed by atoms with Gasteiger partial charge in [0.05, 0.1) is 17.2 Å². The lowest BCUT2D eigenvalue weighted by Gasteiger charge is -2.12. The van der Waals surface area contributed by atoms with E-state index in [9.17, 15) is 23.5 Å². The lowest BCUT2D eigenvalue weighted by Crippen LogP contribution is -2.18. The normalized spacial score (nSPS) is 13.0. The van der Waals surface area contributed by atoms with E-state index in [0.717, 1.165) is 25.0 Å². The van der Waals surface area contributed by atoms with E-state index in [0.29, 0.717) is 11.3 Å². The minimum absolute atomic E-state index is 0.194. The van der Waals surface area contributed by atoms with E-state index >= 15 is 0 Å². The summed E-state index contributed by atoms with van der Waals surface area (Å²) in [6.45, 7) is 0. The number of hydrogen-bond donors (Lipinski definition) is 2. The number of amides is 1. The van der Waals surface area contributed by atoms with Crippen LogP contribution in [0, 0.1) is 11.6 Å². The topological polar surface area (TPSA) is 75.6 Å². The summed E-state index contributed by atoms with van der Waals surface area (Å²) >= 11 is 0. The van der Waals surface area contributed by atoms with Crippen molar-refractivity contribution in [2.75, 3.05) is 5.32 Å². The van der Waals surface area contributed by atoms with E-state index in [1.54, 1.807) is 24.3 Å². The van der Waals surface area contributed by atoms with E-state index in [-0.39, 0.29) is 22.8 Å². The van der Waals surface area contributed by atoms with Crippen LogP contribution in [-0.4, -0.2) is 23.1 Å². The van der Waals surface area contributed by atoms with Gasteiger partial charge in [-0.3, -0.25) is 4.79 Å². The molecule has 7 heteroatoms. The molecule has 0 spiro atoms. The standard InChI is InChI=1S/C23H17F2NO4/c24-19-11-14(13-4-3-5-16(10-13)30-15-8-9-15)12-20(25)21(19)26-22(27)17-6-1-2-7-18(17)23(28)29/h1-7,10-12,15H,8-9H2,(H,26,27)(H,28,29). The quantitative estimate of drug-likeness (QED) is 0.592. The molecule has 2 N–H and O–H groups in total. The molecule has 1 amide bonds. The molecule has 0 heterocycles. The van der Waals surface area contributed by atoms with Crippen LogP contribution in [0.2, 0.25) is 0 Å². The van der Waals surface area contributed by atoms with Crippen molar-refractivity contribution < 1.29 is 28.2 Å². The first-order chi connectivity index (χ1) is 14.4. The van der Waals surface area contributed by atoms with Crippen LogP contribution < -0.4 is 10.1 Å². The number of rotatable bonds is 6. The third-order valence-corrected chi connectivity index (χ3v) is 4.68. The lowest BCUT2D eigenvalue weighted by molar-refractivity contribution is 0.0692. The SMILES string of the molecule is O=C(O)c1ccccc1C(=O)Nc1c(F)cc(-c2cccc(OC3CC3)c2)cc1F. The van der Waals surface area contributed by atoms with Crippen molar-refractivity contribution in [1.29, 1.82) is 0 Å². The summed E-state index contributed by atoms with van der Waals surface area (Å²) in [4.78, 5) is 23.7. The molecule has 5 nitrogen and oxygen atoms in total. The van der Waals surface area contributed by atoms with Gasteiger partial charge in [-0.05, 0) is 60.4 Å². The summed E-state index contributed by atoms with van der Waals surface area (Å²) in [5.74, 6) is -3.55. The van der Waals surface area contributed by atoms with E-state index in [1.165, 1.54) is 24.3 Å². The molecule has 30 heavy (non-hydrogen) atoms. The highest BCUT2D eigenvalue weighted by molar-refractivity contribution is 6.10. The number of anilines is 1. The predicted molar refractivity (Wildman–Crippen MR) is 107 cm³/mol. The number of hydrogen-bond acceptors (Lipinski definition) is 3. The smallest absolute Gasteiger partial charge is 0.336 e. The third kappa shape index (κ3) is 4.15. The summed E-state index contributed by atoms with van der Waals surface area (Å²) < 4.78 is 35.0. The Hall–Kier alpha value is -3.74. The molecule has 152 valence electrons. The minimum atomic E-state index is -1.31. The van der Waals surface area contributed by atoms with Gasteiger partial charge in [-0.25, -0.2) is 13.6 Å². The molecule has 1 aliphatic rings. The van der Waals surface area contributed by atoms with Crippen molar-refractivity contribution in [3.8, 4) is 16.9 Å². The van der Waals surface area contributed by atoms with E-state index < -0.39 is 29.2 Å². The van der Waals surface area contributed by atoms with Gasteiger partial charge in [0.15, 0.2) is 0 Å². The lowest BCUT2D eigenvalue weighted by atomic mass is 10.0. The number of carboxylic acid groups (broad SMARTS) is 1. The number of nitrogens with one attached hydrogen (secondary N) is 1. The van der Waals surface area contributed by atoms with Crippen LogP contribution in [-0.2, 0) is 0 Å². The Balaban J connectivity index is 1.61. The summed E-state index contributed by atoms with van der Waals surface area (Å²) in [6.07, 6.45) is 2.18. The number of carbonyl (C=O) groups is 2. The Morgan fingerprint density at radius 3 is 2.20 bits per heavy atom. The zero-order valence-electron chi connectivity index (χ0n) is 15.7. The van der Waals surface area contributed by atoms with Gasteiger partial charge in [0.2, 0.25) is 0 Å². The first kappa shape index (κ1) is 19.6. The van der Waals surface area contributed by atoms with Crippen molar-refractivity contribution in [3.05, 3.63) is 83.4 Å². The average Bonchev–Trinajstić information content (AvgIpc) is 3.54. The van der Waals surface area contributed by atoms with Crippen molar-refractivity contribution in [1.82, 2.24) is 0 Å². The molecule has 0 aromatic heterocycles. The van der Waals surface area contributed by atoms with Crippen molar-refractivity contribution >= 4 is 17.6 Å². The van der Waals surface area contributed by atoms with Gasteiger partial charge in [0, 0.05) is 0 Å². The van der Waals surface area contributed by atoms with Crippen LogP contribution in [0.15, 0.2) is 60.7 Å². The van der Waals surface area contributed by atoms with E-state index in [2.05, 4.69) is 5.32 Å². The zero-order chi connectivity index (χ0) is 21.3. The number of ether oxygens (including phenoxy) is 1. The maximum atomic E-state index is 14.7. The highest BCUT2D eigenvalue weighted by Crippen LogP contribution is 2.32. The number of aromatic carboxylic acids is 1. The minimum Gasteiger partial charge on any atom is -0.490 e. The molecule has 1 aliphatic carbocycles. The number of halogens is 2. The molecule has 0 bridgehead atoms. The number of carboxylic acids is 1. The molecule has 1 saturated carbocycles. The maximum Gasteiger partial charge on any atom is 0.336 e. The van der Waals surface area contributed by atoms with Gasteiger partial charge in [-0.15, -0.1) is 0 Å². The molecule has 0 radical (unpaired) electrons. The fourth-order valence-corrected chi connectivity index (χ4v) is 3.04. The van der Waals surface area contributed by atoms with Gasteiger partial charge in [0.25, 0.3) is 5.91 Å². The fraction of sp³-hybridized carbons (Fsp3) is 0.130. The Morgan fingerprint density at radius 2 is 1.57 bits per heavy atom. The molecule has 0 atom stereocenters. The van der Waals surface area contributed by atoms with Crippen LogP contribution in [0.5, 0.6) is 5.75 Å². The molecule has 0 aliphatic heterocycles. The molecule has 4 rings (SSSR count). The summed E-state index contributed by atoms with van der Waals surface area (Å²) in [6, 6.07) is 14.6. The van der Waals surface area contributed by atoms with Crippen molar-refractivity contribution in [3.63, 3.8) is 0 Å². The maximum absolute atomic E-state index is 14.7. The summed E-state index contributed by atoms with van der Waals surface area (Å²) in [5.41, 5.74) is -0.248. The van der Waals surface area contributed by atoms with Gasteiger partial charge in [-0.2, -0.15) is 0 Å². The van der Waals surface area contributed by atoms with Crippen LogP contribution in [0.3, 0.4) is 0 Å². The summed E-state index contributed by atoms with van der Waals surface area (Å²) in [5, 5.41) is 11.3. The predicted octanol–water partition coefficient (Wildman–Crippen LogP) is 5.12. The average molecular weight is 409 g/mol. The second-order valence-corrected chi connectivity index (χ2v) is 6.96. The monoisotopic (exact) mass is 409 g/mol. The van der Waals surface area contributed by atoms with Crippen LogP contribution in [0.1, 0.15) is 33.6 Å². The van der Waals surface area contributed by atoms with Gasteiger partial charge < -0.3 is 15.2 Å². The van der Waals surface area contributed by atoms with Crippen molar-refractivity contribution in [2.45, 2.75) is 18.9 Å². The highest BCUT2D eigenvalue weighted by atomic mass is 19.1. The zero-order valence-corrected chi connectivity index (χ0v) is 15.7. The molecule has 0 saturated heterocycles. The number of benzene rings is 3. The number of carbonyl (C=O) groups excluding carboxylic acids is 1. The fourth-order valence-electron chi connectivity index (χ4n) is 3.04. The first-order valence-electron chi connectivity index (χ1n) is 9.32. The Labute approximate surface area is 170 Å². The molecular formula is C23H17F2NO4. The largest absolute Gasteiger partial charge is 0.490 e. The molecular weight excluding hydrogens is 392 g/mol. The Kier molecular flexibility index (Phi) is 5.18. The summed E-state index contributed by atoms with van der Waals surface area (Å²) in [7, 11) is 0.